The Balaban J connectivity index is 2.08. The third-order valence-electron chi connectivity index (χ3n) is 2.31. The fourth-order valence-electron chi connectivity index (χ4n) is 1.41. The molecule has 0 aliphatic rings. The minimum Gasteiger partial charge on any atom is -0.370 e. The summed E-state index contributed by atoms with van der Waals surface area (Å²) in [4.78, 5) is 8.59. The van der Waals surface area contributed by atoms with Crippen LogP contribution >= 0.6 is 11.3 Å². The van der Waals surface area contributed by atoms with Crippen molar-refractivity contribution in [2.24, 2.45) is 10.7 Å². The summed E-state index contributed by atoms with van der Waals surface area (Å²) in [5, 5.41) is 6.41. The molecule has 1 heterocycles. The molecule has 4 nitrogen and oxygen atoms in total. The Morgan fingerprint density at radius 1 is 1.56 bits per heavy atom. The molecule has 0 atom stereocenters. The van der Waals surface area contributed by atoms with Gasteiger partial charge in [-0.1, -0.05) is 12.2 Å². The minimum atomic E-state index is 0.503. The summed E-state index contributed by atoms with van der Waals surface area (Å²) < 4.78 is 0. The van der Waals surface area contributed by atoms with Crippen LogP contribution in [0.4, 0.5) is 0 Å². The van der Waals surface area contributed by atoms with E-state index in [0.29, 0.717) is 12.5 Å². The molecule has 0 aliphatic heterocycles. The van der Waals surface area contributed by atoms with Crippen LogP contribution in [-0.4, -0.2) is 24.0 Å². The van der Waals surface area contributed by atoms with Crippen molar-refractivity contribution in [2.75, 3.05) is 13.1 Å². The van der Waals surface area contributed by atoms with Crippen LogP contribution in [0.5, 0.6) is 0 Å². The third-order valence-corrected chi connectivity index (χ3v) is 3.34. The average Bonchev–Trinajstić information content (AvgIpc) is 2.72. The first kappa shape index (κ1) is 14.7. The number of thiazole rings is 1. The predicted octanol–water partition coefficient (Wildman–Crippen LogP) is 2.25. The number of hydrogen-bond donors (Lipinski definition) is 2. The van der Waals surface area contributed by atoms with Crippen molar-refractivity contribution in [3.8, 4) is 0 Å². The molecule has 1 rings (SSSR count). The summed E-state index contributed by atoms with van der Waals surface area (Å²) in [5.41, 5.74) is 7.83. The molecule has 18 heavy (non-hydrogen) atoms. The Bertz CT molecular complexity index is 409. The molecular formula is C13H22N4S. The van der Waals surface area contributed by atoms with Gasteiger partial charge in [-0.3, -0.25) is 0 Å². The molecule has 0 aliphatic carbocycles. The number of nitrogens with two attached hydrogens (primary N) is 1. The number of unbranched alkanes of at least 4 members (excludes halogenated alkanes) is 1. The average molecular weight is 266 g/mol. The summed E-state index contributed by atoms with van der Waals surface area (Å²) in [7, 11) is 0. The van der Waals surface area contributed by atoms with Crippen LogP contribution in [0, 0.1) is 6.92 Å². The van der Waals surface area contributed by atoms with Crippen LogP contribution in [0.25, 0.3) is 0 Å². The summed E-state index contributed by atoms with van der Waals surface area (Å²) in [6.07, 6.45) is 3.23. The van der Waals surface area contributed by atoms with E-state index in [2.05, 4.69) is 27.3 Å². The molecule has 3 N–H and O–H groups in total. The van der Waals surface area contributed by atoms with E-state index in [-0.39, 0.29) is 0 Å². The predicted molar refractivity (Wildman–Crippen MR) is 79.1 cm³/mol. The second kappa shape index (κ2) is 7.87. The lowest BCUT2D eigenvalue weighted by atomic mass is 10.2. The molecule has 0 aromatic carbocycles. The third kappa shape index (κ3) is 6.39. The van der Waals surface area contributed by atoms with Gasteiger partial charge < -0.3 is 11.1 Å². The smallest absolute Gasteiger partial charge is 0.188 e. The Morgan fingerprint density at radius 3 is 2.94 bits per heavy atom. The fraction of sp³-hybridized carbons (Fsp3) is 0.538. The van der Waals surface area contributed by atoms with Crippen LogP contribution in [0.2, 0.25) is 0 Å². The molecule has 0 amide bonds. The van der Waals surface area contributed by atoms with E-state index in [4.69, 9.17) is 5.73 Å². The van der Waals surface area contributed by atoms with Gasteiger partial charge >= 0.3 is 0 Å². The second-order valence-corrected chi connectivity index (χ2v) is 5.37. The molecule has 1 aromatic rings. The standard InChI is InChI=1S/C13H22N4S/c1-10(2)8-16-13(14)15-7-5-4-6-12-17-11(3)9-18-12/h9H,1,4-8H2,2-3H3,(H3,14,15,16). The van der Waals surface area contributed by atoms with Gasteiger partial charge in [-0.05, 0) is 33.1 Å². The van der Waals surface area contributed by atoms with Crippen LogP contribution in [0.3, 0.4) is 0 Å². The number of aliphatic imine (C=N–C) groups is 1. The van der Waals surface area contributed by atoms with Crippen LogP contribution in [0.1, 0.15) is 30.5 Å². The summed E-state index contributed by atoms with van der Waals surface area (Å²) in [6.45, 7) is 9.19. The van der Waals surface area contributed by atoms with Crippen molar-refractivity contribution in [1.29, 1.82) is 0 Å². The number of aromatic nitrogens is 1. The Labute approximate surface area is 113 Å². The van der Waals surface area contributed by atoms with E-state index in [9.17, 15) is 0 Å². The molecule has 0 fully saturated rings. The van der Waals surface area contributed by atoms with Crippen LogP contribution in [0.15, 0.2) is 22.5 Å². The lowest BCUT2D eigenvalue weighted by Gasteiger charge is -2.04. The van der Waals surface area contributed by atoms with Gasteiger partial charge in [0, 0.05) is 17.6 Å². The number of guanidine groups is 1. The highest BCUT2D eigenvalue weighted by molar-refractivity contribution is 7.09. The molecule has 0 saturated heterocycles. The first-order valence-electron chi connectivity index (χ1n) is 6.17. The number of nitrogens with zero attached hydrogens (tertiary/aromatic N) is 2. The first-order chi connectivity index (χ1) is 8.58. The van der Waals surface area contributed by atoms with Crippen molar-refractivity contribution < 1.29 is 0 Å². The van der Waals surface area contributed by atoms with Gasteiger partial charge in [-0.15, -0.1) is 11.3 Å². The number of hydrogen-bond acceptors (Lipinski definition) is 3. The summed E-state index contributed by atoms with van der Waals surface area (Å²) in [6, 6.07) is 0. The fourth-order valence-corrected chi connectivity index (χ4v) is 2.23. The Hall–Kier alpha value is -1.36. The van der Waals surface area contributed by atoms with Gasteiger partial charge in [-0.2, -0.15) is 0 Å². The van der Waals surface area contributed by atoms with Crippen molar-refractivity contribution in [3.05, 3.63) is 28.2 Å². The monoisotopic (exact) mass is 266 g/mol. The lowest BCUT2D eigenvalue weighted by molar-refractivity contribution is 0.703. The van der Waals surface area contributed by atoms with Crippen molar-refractivity contribution in [2.45, 2.75) is 33.1 Å². The molecule has 0 bridgehead atoms. The molecule has 5 heteroatoms. The molecular weight excluding hydrogens is 244 g/mol. The number of nitrogens with one attached hydrogen (secondary N) is 1. The van der Waals surface area contributed by atoms with Gasteiger partial charge in [0.15, 0.2) is 5.96 Å². The minimum absolute atomic E-state index is 0.503. The SMILES string of the molecule is C=C(C)CN=C(N)NCCCCc1nc(C)cs1. The maximum atomic E-state index is 5.71. The van der Waals surface area contributed by atoms with E-state index < -0.39 is 0 Å². The summed E-state index contributed by atoms with van der Waals surface area (Å²) >= 11 is 1.74. The highest BCUT2D eigenvalue weighted by Crippen LogP contribution is 2.11. The highest BCUT2D eigenvalue weighted by atomic mass is 32.1. The van der Waals surface area contributed by atoms with E-state index in [1.807, 2.05) is 13.8 Å². The molecule has 0 radical (unpaired) electrons. The maximum absolute atomic E-state index is 5.71. The zero-order valence-electron chi connectivity index (χ0n) is 11.2. The molecule has 0 saturated carbocycles. The zero-order valence-corrected chi connectivity index (χ0v) is 12.0. The van der Waals surface area contributed by atoms with Gasteiger partial charge in [-0.25, -0.2) is 9.98 Å². The van der Waals surface area contributed by atoms with Crippen LogP contribution in [-0.2, 0) is 6.42 Å². The van der Waals surface area contributed by atoms with E-state index >= 15 is 0 Å². The Kier molecular flexibility index (Phi) is 6.43. The highest BCUT2D eigenvalue weighted by Gasteiger charge is 1.98. The van der Waals surface area contributed by atoms with E-state index in [0.717, 1.165) is 37.1 Å². The van der Waals surface area contributed by atoms with Gasteiger partial charge in [0.1, 0.15) is 0 Å². The van der Waals surface area contributed by atoms with E-state index in [1.165, 1.54) is 5.01 Å². The molecule has 0 unspecified atom stereocenters. The van der Waals surface area contributed by atoms with E-state index in [1.54, 1.807) is 11.3 Å². The van der Waals surface area contributed by atoms with Crippen molar-refractivity contribution in [3.63, 3.8) is 0 Å². The molecule has 1 aromatic heterocycles. The zero-order chi connectivity index (χ0) is 13.4. The second-order valence-electron chi connectivity index (χ2n) is 4.43. The van der Waals surface area contributed by atoms with Gasteiger partial charge in [0.2, 0.25) is 0 Å². The van der Waals surface area contributed by atoms with Gasteiger partial charge in [0.25, 0.3) is 0 Å². The number of rotatable bonds is 7. The van der Waals surface area contributed by atoms with Crippen LogP contribution < -0.4 is 11.1 Å². The number of aryl methyl sites for hydroxylation is 2. The maximum Gasteiger partial charge on any atom is 0.188 e. The topological polar surface area (TPSA) is 63.3 Å². The Morgan fingerprint density at radius 2 is 2.33 bits per heavy atom. The summed E-state index contributed by atoms with van der Waals surface area (Å²) in [5.74, 6) is 0.503. The van der Waals surface area contributed by atoms with Crippen molar-refractivity contribution >= 4 is 17.3 Å². The lowest BCUT2D eigenvalue weighted by Crippen LogP contribution is -2.32. The normalized spacial score (nSPS) is 11.6. The largest absolute Gasteiger partial charge is 0.370 e. The first-order valence-corrected chi connectivity index (χ1v) is 7.05. The molecule has 0 spiro atoms. The van der Waals surface area contributed by atoms with Gasteiger partial charge in [0.05, 0.1) is 11.6 Å². The van der Waals surface area contributed by atoms with Crippen molar-refractivity contribution in [1.82, 2.24) is 10.3 Å². The molecule has 100 valence electrons. The quantitative estimate of drug-likeness (QED) is 0.344.